The van der Waals surface area contributed by atoms with E-state index in [0.717, 1.165) is 43.4 Å². The van der Waals surface area contributed by atoms with Gasteiger partial charge in [-0.2, -0.15) is 0 Å². The minimum atomic E-state index is -0.493. The normalized spacial score (nSPS) is 27.6. The molecule has 4 nitrogen and oxygen atoms in total. The molecule has 3 N–H and O–H groups in total. The Hall–Kier alpha value is -1.39. The lowest BCUT2D eigenvalue weighted by molar-refractivity contribution is -0.110. The van der Waals surface area contributed by atoms with Gasteiger partial charge in [-0.15, -0.1) is 0 Å². The molecule has 1 aromatic carbocycles. The van der Waals surface area contributed by atoms with E-state index in [0.29, 0.717) is 6.42 Å². The molecule has 4 heteroatoms. The number of rotatable bonds is 4. The molecule has 0 radical (unpaired) electrons. The van der Waals surface area contributed by atoms with Crippen LogP contribution >= 0.6 is 0 Å². The van der Waals surface area contributed by atoms with Crippen LogP contribution in [0.25, 0.3) is 0 Å². The van der Waals surface area contributed by atoms with Crippen LogP contribution in [0.2, 0.25) is 0 Å². The Bertz CT molecular complexity index is 419. The monoisotopic (exact) mass is 262 g/mol. The van der Waals surface area contributed by atoms with E-state index in [9.17, 15) is 4.79 Å². The maximum absolute atomic E-state index is 11.3. The van der Waals surface area contributed by atoms with Gasteiger partial charge in [0.2, 0.25) is 0 Å². The van der Waals surface area contributed by atoms with E-state index in [1.165, 1.54) is 0 Å². The predicted octanol–water partition coefficient (Wildman–Crippen LogP) is 1.28. The Kier molecular flexibility index (Phi) is 4.56. The zero-order valence-electron chi connectivity index (χ0n) is 11.4. The quantitative estimate of drug-likeness (QED) is 0.802. The highest BCUT2D eigenvalue weighted by atomic mass is 16.5. The summed E-state index contributed by atoms with van der Waals surface area (Å²) in [5.41, 5.74) is 7.14. The fraction of sp³-hybridized carbons (Fsp3) is 0.533. The van der Waals surface area contributed by atoms with Crippen molar-refractivity contribution in [1.82, 2.24) is 5.32 Å². The number of carbonyl (C=O) groups excluding carboxylic acids is 1. The van der Waals surface area contributed by atoms with E-state index in [1.54, 1.807) is 7.11 Å². The van der Waals surface area contributed by atoms with Gasteiger partial charge in [0.05, 0.1) is 13.2 Å². The smallest absolute Gasteiger partial charge is 0.138 e. The van der Waals surface area contributed by atoms with Crippen molar-refractivity contribution in [3.8, 4) is 5.75 Å². The molecule has 1 aliphatic rings. The van der Waals surface area contributed by atoms with E-state index in [-0.39, 0.29) is 6.04 Å². The van der Waals surface area contributed by atoms with E-state index in [2.05, 4.69) is 5.32 Å². The molecule has 2 atom stereocenters. The van der Waals surface area contributed by atoms with E-state index in [4.69, 9.17) is 10.5 Å². The lowest BCUT2D eigenvalue weighted by Crippen LogP contribution is -2.58. The fourth-order valence-electron chi connectivity index (χ4n) is 2.70. The van der Waals surface area contributed by atoms with E-state index in [1.807, 2.05) is 24.3 Å². The largest absolute Gasteiger partial charge is 0.497 e. The first-order valence-electron chi connectivity index (χ1n) is 6.78. The summed E-state index contributed by atoms with van der Waals surface area (Å²) < 4.78 is 5.15. The second kappa shape index (κ2) is 6.17. The summed E-state index contributed by atoms with van der Waals surface area (Å²) in [4.78, 5) is 11.3. The fourth-order valence-corrected chi connectivity index (χ4v) is 2.70. The molecule has 0 aromatic heterocycles. The SMILES string of the molecule is COc1ccc(CC2(N)CCCCNC2C=O)cc1. The third-order valence-electron chi connectivity index (χ3n) is 3.88. The molecule has 2 rings (SSSR count). The highest BCUT2D eigenvalue weighted by molar-refractivity contribution is 5.61. The molecule has 1 saturated heterocycles. The van der Waals surface area contributed by atoms with E-state index < -0.39 is 5.54 Å². The third kappa shape index (κ3) is 3.33. The number of methoxy groups -OCH3 is 1. The maximum Gasteiger partial charge on any atom is 0.138 e. The Morgan fingerprint density at radius 3 is 2.79 bits per heavy atom. The van der Waals surface area contributed by atoms with Gasteiger partial charge < -0.3 is 20.6 Å². The number of ether oxygens (including phenoxy) is 1. The maximum atomic E-state index is 11.3. The van der Waals surface area contributed by atoms with Gasteiger partial charge in [0.15, 0.2) is 0 Å². The zero-order chi connectivity index (χ0) is 13.7. The lowest BCUT2D eigenvalue weighted by Gasteiger charge is -2.33. The highest BCUT2D eigenvalue weighted by Crippen LogP contribution is 2.24. The van der Waals surface area contributed by atoms with Crippen LogP contribution < -0.4 is 15.8 Å². The minimum absolute atomic E-state index is 0.267. The number of nitrogens with one attached hydrogen (secondary N) is 1. The Balaban J connectivity index is 2.14. The van der Waals surface area contributed by atoms with Crippen molar-refractivity contribution in [3.63, 3.8) is 0 Å². The molecule has 19 heavy (non-hydrogen) atoms. The van der Waals surface area contributed by atoms with Crippen LogP contribution in [0.4, 0.5) is 0 Å². The zero-order valence-corrected chi connectivity index (χ0v) is 11.4. The molecule has 1 aliphatic heterocycles. The number of nitrogens with two attached hydrogens (primary N) is 1. The summed E-state index contributed by atoms with van der Waals surface area (Å²) in [5, 5.41) is 3.25. The molecule has 0 bridgehead atoms. The minimum Gasteiger partial charge on any atom is -0.497 e. The van der Waals surface area contributed by atoms with Gasteiger partial charge in [-0.1, -0.05) is 18.6 Å². The van der Waals surface area contributed by atoms with Crippen molar-refractivity contribution in [2.75, 3.05) is 13.7 Å². The van der Waals surface area contributed by atoms with Crippen LogP contribution in [0.5, 0.6) is 5.75 Å². The number of hydrogen-bond donors (Lipinski definition) is 2. The van der Waals surface area contributed by atoms with Crippen molar-refractivity contribution >= 4 is 6.29 Å². The van der Waals surface area contributed by atoms with Crippen molar-refractivity contribution in [3.05, 3.63) is 29.8 Å². The first-order chi connectivity index (χ1) is 9.18. The van der Waals surface area contributed by atoms with Gasteiger partial charge in [-0.25, -0.2) is 0 Å². The second-order valence-electron chi connectivity index (χ2n) is 5.28. The van der Waals surface area contributed by atoms with Gasteiger partial charge in [-0.3, -0.25) is 0 Å². The molecule has 0 aliphatic carbocycles. The van der Waals surface area contributed by atoms with Crippen LogP contribution in [-0.4, -0.2) is 31.5 Å². The number of hydrogen-bond acceptors (Lipinski definition) is 4. The summed E-state index contributed by atoms with van der Waals surface area (Å²) in [7, 11) is 1.65. The number of carbonyl (C=O) groups is 1. The standard InChI is InChI=1S/C15H22N2O2/c1-19-13-6-4-12(5-7-13)10-15(16)8-2-3-9-17-14(15)11-18/h4-7,11,14,17H,2-3,8-10,16H2,1H3. The summed E-state index contributed by atoms with van der Waals surface area (Å²) in [6, 6.07) is 7.62. The van der Waals surface area contributed by atoms with Crippen LogP contribution in [0, 0.1) is 0 Å². The Morgan fingerprint density at radius 2 is 2.16 bits per heavy atom. The van der Waals surface area contributed by atoms with Crippen molar-refractivity contribution in [1.29, 1.82) is 0 Å². The molecular weight excluding hydrogens is 240 g/mol. The van der Waals surface area contributed by atoms with Crippen LogP contribution in [-0.2, 0) is 11.2 Å². The van der Waals surface area contributed by atoms with Crippen molar-refractivity contribution < 1.29 is 9.53 Å². The topological polar surface area (TPSA) is 64.3 Å². The van der Waals surface area contributed by atoms with Gasteiger partial charge in [0.25, 0.3) is 0 Å². The summed E-state index contributed by atoms with van der Waals surface area (Å²) >= 11 is 0. The Labute approximate surface area is 114 Å². The van der Waals surface area contributed by atoms with Crippen LogP contribution in [0.1, 0.15) is 24.8 Å². The molecule has 0 spiro atoms. The average Bonchev–Trinajstić information content (AvgIpc) is 2.61. The van der Waals surface area contributed by atoms with Gasteiger partial charge >= 0.3 is 0 Å². The summed E-state index contributed by atoms with van der Waals surface area (Å²) in [5.74, 6) is 0.834. The van der Waals surface area contributed by atoms with Crippen molar-refractivity contribution in [2.24, 2.45) is 5.73 Å². The molecule has 1 heterocycles. The first-order valence-corrected chi connectivity index (χ1v) is 6.78. The highest BCUT2D eigenvalue weighted by Gasteiger charge is 2.35. The lowest BCUT2D eigenvalue weighted by atomic mass is 9.82. The van der Waals surface area contributed by atoms with Crippen LogP contribution in [0.15, 0.2) is 24.3 Å². The molecule has 0 amide bonds. The molecule has 1 aromatic rings. The Morgan fingerprint density at radius 1 is 1.42 bits per heavy atom. The predicted molar refractivity (Wildman–Crippen MR) is 75.3 cm³/mol. The summed E-state index contributed by atoms with van der Waals surface area (Å²) in [6.07, 6.45) is 4.66. The first kappa shape index (κ1) is 14.0. The summed E-state index contributed by atoms with van der Waals surface area (Å²) in [6.45, 7) is 0.866. The number of benzene rings is 1. The third-order valence-corrected chi connectivity index (χ3v) is 3.88. The van der Waals surface area contributed by atoms with Gasteiger partial charge in [-0.05, 0) is 43.5 Å². The van der Waals surface area contributed by atoms with E-state index >= 15 is 0 Å². The molecular formula is C15H22N2O2. The molecule has 1 fully saturated rings. The average molecular weight is 262 g/mol. The molecule has 2 unspecified atom stereocenters. The number of aldehydes is 1. The van der Waals surface area contributed by atoms with Crippen LogP contribution in [0.3, 0.4) is 0 Å². The van der Waals surface area contributed by atoms with Gasteiger partial charge in [0.1, 0.15) is 12.0 Å². The molecule has 104 valence electrons. The second-order valence-corrected chi connectivity index (χ2v) is 5.28. The van der Waals surface area contributed by atoms with Gasteiger partial charge in [0, 0.05) is 5.54 Å². The molecule has 0 saturated carbocycles. The van der Waals surface area contributed by atoms with Crippen molar-refractivity contribution in [2.45, 2.75) is 37.3 Å².